The van der Waals surface area contributed by atoms with E-state index in [0.29, 0.717) is 12.5 Å². The molecule has 0 N–H and O–H groups in total. The highest BCUT2D eigenvalue weighted by atomic mass is 32.1. The van der Waals surface area contributed by atoms with E-state index in [1.807, 2.05) is 16.5 Å². The summed E-state index contributed by atoms with van der Waals surface area (Å²) in [4.78, 5) is 23.5. The largest absolute Gasteiger partial charge is 0.375 e. The first-order valence-corrected chi connectivity index (χ1v) is 9.29. The van der Waals surface area contributed by atoms with Gasteiger partial charge in [0.25, 0.3) is 0 Å². The first kappa shape index (κ1) is 16.7. The summed E-state index contributed by atoms with van der Waals surface area (Å²) in [5.41, 5.74) is 0. The van der Waals surface area contributed by atoms with Crippen molar-refractivity contribution < 1.29 is 9.53 Å². The number of thiazole rings is 1. The van der Waals surface area contributed by atoms with Gasteiger partial charge in [-0.3, -0.25) is 9.69 Å². The van der Waals surface area contributed by atoms with Crippen molar-refractivity contribution in [3.63, 3.8) is 0 Å². The predicted molar refractivity (Wildman–Crippen MR) is 92.0 cm³/mol. The van der Waals surface area contributed by atoms with Gasteiger partial charge in [0, 0.05) is 56.9 Å². The standard InChI is InChI=1S/C16H26N4O2S/c1-13(2)20-8-9-22-14(12-20)11-15(21)18-4-6-19(7-5-18)16-17-3-10-23-16/h3,10,13-14H,4-9,11-12H2,1-2H3. The number of nitrogens with zero attached hydrogens (tertiary/aromatic N) is 4. The lowest BCUT2D eigenvalue weighted by Crippen LogP contribution is -2.51. The van der Waals surface area contributed by atoms with Crippen LogP contribution in [0.3, 0.4) is 0 Å². The van der Waals surface area contributed by atoms with Crippen LogP contribution < -0.4 is 4.90 Å². The molecule has 1 unspecified atom stereocenters. The van der Waals surface area contributed by atoms with E-state index in [1.165, 1.54) is 0 Å². The number of piperazine rings is 1. The molecule has 3 rings (SSSR count). The zero-order valence-electron chi connectivity index (χ0n) is 14.0. The summed E-state index contributed by atoms with van der Waals surface area (Å²) in [7, 11) is 0. The minimum atomic E-state index is 0.0376. The average Bonchev–Trinajstić information content (AvgIpc) is 3.09. The number of hydrogen-bond acceptors (Lipinski definition) is 6. The molecule has 0 radical (unpaired) electrons. The Kier molecular flexibility index (Phi) is 5.50. The van der Waals surface area contributed by atoms with E-state index < -0.39 is 0 Å². The van der Waals surface area contributed by atoms with Gasteiger partial charge in [-0.25, -0.2) is 4.98 Å². The number of carbonyl (C=O) groups is 1. The van der Waals surface area contributed by atoms with E-state index in [4.69, 9.17) is 4.74 Å². The van der Waals surface area contributed by atoms with Gasteiger partial charge in [0.05, 0.1) is 19.1 Å². The van der Waals surface area contributed by atoms with E-state index in [9.17, 15) is 4.79 Å². The van der Waals surface area contributed by atoms with E-state index in [1.54, 1.807) is 11.3 Å². The number of rotatable bonds is 4. The number of aromatic nitrogens is 1. The summed E-state index contributed by atoms with van der Waals surface area (Å²) >= 11 is 1.66. The van der Waals surface area contributed by atoms with Crippen molar-refractivity contribution in [2.75, 3.05) is 50.8 Å². The second-order valence-electron chi connectivity index (χ2n) is 6.47. The Hall–Kier alpha value is -1.18. The van der Waals surface area contributed by atoms with E-state index in [0.717, 1.165) is 51.0 Å². The zero-order chi connectivity index (χ0) is 16.2. The van der Waals surface area contributed by atoms with Crippen LogP contribution in [0.5, 0.6) is 0 Å². The molecule has 1 atom stereocenters. The van der Waals surface area contributed by atoms with Crippen LogP contribution in [0.15, 0.2) is 11.6 Å². The van der Waals surface area contributed by atoms with E-state index in [-0.39, 0.29) is 12.0 Å². The Bertz CT molecular complexity index is 500. The Morgan fingerprint density at radius 3 is 2.78 bits per heavy atom. The minimum Gasteiger partial charge on any atom is -0.375 e. The normalized spacial score (nSPS) is 23.5. The monoisotopic (exact) mass is 338 g/mol. The van der Waals surface area contributed by atoms with Crippen LogP contribution in [-0.4, -0.2) is 78.7 Å². The maximum absolute atomic E-state index is 12.5. The van der Waals surface area contributed by atoms with Crippen molar-refractivity contribution in [1.29, 1.82) is 0 Å². The second kappa shape index (κ2) is 7.59. The van der Waals surface area contributed by atoms with E-state index in [2.05, 4.69) is 28.6 Å². The molecule has 2 saturated heterocycles. The summed E-state index contributed by atoms with van der Waals surface area (Å²) < 4.78 is 5.79. The molecule has 2 fully saturated rings. The molecule has 2 aliphatic rings. The molecule has 1 aromatic heterocycles. The van der Waals surface area contributed by atoms with Crippen molar-refractivity contribution in [1.82, 2.24) is 14.8 Å². The molecule has 0 aromatic carbocycles. The van der Waals surface area contributed by atoms with Gasteiger partial charge in [-0.2, -0.15) is 0 Å². The molecule has 0 bridgehead atoms. The second-order valence-corrected chi connectivity index (χ2v) is 7.34. The lowest BCUT2D eigenvalue weighted by molar-refractivity contribution is -0.136. The number of carbonyl (C=O) groups excluding carboxylic acids is 1. The molecule has 3 heterocycles. The lowest BCUT2D eigenvalue weighted by Gasteiger charge is -2.38. The maximum Gasteiger partial charge on any atom is 0.225 e. The third-order valence-corrected chi connectivity index (χ3v) is 5.46. The highest BCUT2D eigenvalue weighted by Crippen LogP contribution is 2.20. The Morgan fingerprint density at radius 2 is 2.13 bits per heavy atom. The van der Waals surface area contributed by atoms with Crippen LogP contribution in [-0.2, 0) is 9.53 Å². The molecule has 23 heavy (non-hydrogen) atoms. The SMILES string of the molecule is CC(C)N1CCOC(CC(=O)N2CCN(c3nccs3)CC2)C1. The van der Waals surface area contributed by atoms with Gasteiger partial charge in [0.1, 0.15) is 0 Å². The lowest BCUT2D eigenvalue weighted by atomic mass is 10.1. The molecule has 0 aliphatic carbocycles. The molecule has 2 aliphatic heterocycles. The van der Waals surface area contributed by atoms with E-state index >= 15 is 0 Å². The molecule has 1 aromatic rings. The first-order chi connectivity index (χ1) is 11.1. The van der Waals surface area contributed by atoms with Gasteiger partial charge in [0.2, 0.25) is 5.91 Å². The van der Waals surface area contributed by atoms with Crippen molar-refractivity contribution in [3.8, 4) is 0 Å². The van der Waals surface area contributed by atoms with Crippen LogP contribution in [0.1, 0.15) is 20.3 Å². The number of anilines is 1. The van der Waals surface area contributed by atoms with Crippen molar-refractivity contribution in [2.45, 2.75) is 32.4 Å². The number of hydrogen-bond donors (Lipinski definition) is 0. The highest BCUT2D eigenvalue weighted by Gasteiger charge is 2.28. The van der Waals surface area contributed by atoms with Crippen LogP contribution in [0.4, 0.5) is 5.13 Å². The first-order valence-electron chi connectivity index (χ1n) is 8.41. The van der Waals surface area contributed by atoms with Crippen molar-refractivity contribution >= 4 is 22.4 Å². The fourth-order valence-corrected chi connectivity index (χ4v) is 3.87. The van der Waals surface area contributed by atoms with Crippen LogP contribution in [0, 0.1) is 0 Å². The zero-order valence-corrected chi connectivity index (χ0v) is 14.8. The van der Waals surface area contributed by atoms with Gasteiger partial charge in [0.15, 0.2) is 5.13 Å². The van der Waals surface area contributed by atoms with Gasteiger partial charge in [-0.15, -0.1) is 11.3 Å². The molecule has 0 spiro atoms. The van der Waals surface area contributed by atoms with Crippen LogP contribution in [0.25, 0.3) is 0 Å². The van der Waals surface area contributed by atoms with Gasteiger partial charge in [-0.05, 0) is 13.8 Å². The molecule has 0 saturated carbocycles. The third-order valence-electron chi connectivity index (χ3n) is 4.62. The predicted octanol–water partition coefficient (Wildman–Crippen LogP) is 1.29. The molecular formula is C16H26N4O2S. The fourth-order valence-electron chi connectivity index (χ4n) is 3.18. The van der Waals surface area contributed by atoms with Crippen LogP contribution >= 0.6 is 11.3 Å². The average molecular weight is 338 g/mol. The maximum atomic E-state index is 12.5. The smallest absolute Gasteiger partial charge is 0.225 e. The molecule has 128 valence electrons. The number of amides is 1. The molecule has 1 amide bonds. The molecular weight excluding hydrogens is 312 g/mol. The summed E-state index contributed by atoms with van der Waals surface area (Å²) in [6.07, 6.45) is 2.37. The van der Waals surface area contributed by atoms with Gasteiger partial charge in [-0.1, -0.05) is 0 Å². The number of morpholine rings is 1. The topological polar surface area (TPSA) is 48.9 Å². The summed E-state index contributed by atoms with van der Waals surface area (Å²) in [6, 6.07) is 0.512. The van der Waals surface area contributed by atoms with Crippen molar-refractivity contribution in [2.24, 2.45) is 0 Å². The minimum absolute atomic E-state index is 0.0376. The summed E-state index contributed by atoms with van der Waals surface area (Å²) in [5, 5.41) is 3.05. The Morgan fingerprint density at radius 1 is 1.35 bits per heavy atom. The third kappa shape index (κ3) is 4.22. The van der Waals surface area contributed by atoms with Crippen LogP contribution in [0.2, 0.25) is 0 Å². The molecule has 7 heteroatoms. The van der Waals surface area contributed by atoms with Crippen molar-refractivity contribution in [3.05, 3.63) is 11.6 Å². The summed E-state index contributed by atoms with van der Waals surface area (Å²) in [5.74, 6) is 0.222. The fraction of sp³-hybridized carbons (Fsp3) is 0.750. The molecule has 6 nitrogen and oxygen atoms in total. The van der Waals surface area contributed by atoms with Gasteiger partial charge < -0.3 is 14.5 Å². The highest BCUT2D eigenvalue weighted by molar-refractivity contribution is 7.13. The Labute approximate surface area is 142 Å². The quantitative estimate of drug-likeness (QED) is 0.828. The Balaban J connectivity index is 1.46. The van der Waals surface area contributed by atoms with Gasteiger partial charge >= 0.3 is 0 Å². The summed E-state index contributed by atoms with van der Waals surface area (Å²) in [6.45, 7) is 10.2. The number of ether oxygens (including phenoxy) is 1.